The highest BCUT2D eigenvalue weighted by Gasteiger charge is 2.47. The summed E-state index contributed by atoms with van der Waals surface area (Å²) in [4.78, 5) is 28.3. The van der Waals surface area contributed by atoms with Crippen LogP contribution in [0.25, 0.3) is 5.76 Å². The van der Waals surface area contributed by atoms with E-state index in [0.29, 0.717) is 22.6 Å². The van der Waals surface area contributed by atoms with Crippen molar-refractivity contribution in [2.45, 2.75) is 46.1 Å². The second-order valence-electron chi connectivity index (χ2n) is 10.1. The number of aliphatic hydroxyl groups excluding tert-OH is 1. The van der Waals surface area contributed by atoms with Crippen LogP contribution in [0.4, 0.5) is 5.69 Å². The number of carbonyl (C=O) groups is 2. The number of ketones is 1. The molecule has 0 aliphatic carbocycles. The predicted molar refractivity (Wildman–Crippen MR) is 139 cm³/mol. The molecule has 35 heavy (non-hydrogen) atoms. The summed E-state index contributed by atoms with van der Waals surface area (Å²) in [5.41, 5.74) is 4.68. The van der Waals surface area contributed by atoms with Crippen molar-refractivity contribution in [1.82, 2.24) is 0 Å². The molecule has 1 amide bonds. The third kappa shape index (κ3) is 4.46. The average molecular weight is 470 g/mol. The van der Waals surface area contributed by atoms with E-state index >= 15 is 0 Å². The lowest BCUT2D eigenvalue weighted by molar-refractivity contribution is -0.132. The average Bonchev–Trinajstić information content (AvgIpc) is 3.09. The van der Waals surface area contributed by atoms with Crippen molar-refractivity contribution < 1.29 is 19.4 Å². The number of hydrogen-bond donors (Lipinski definition) is 1. The molecular formula is C30H31NO4. The van der Waals surface area contributed by atoms with Crippen LogP contribution in [0.3, 0.4) is 0 Å². The monoisotopic (exact) mass is 469 g/mol. The largest absolute Gasteiger partial charge is 0.507 e. The van der Waals surface area contributed by atoms with Gasteiger partial charge in [-0.3, -0.25) is 14.5 Å². The first-order valence-electron chi connectivity index (χ1n) is 11.7. The topological polar surface area (TPSA) is 66.8 Å². The Morgan fingerprint density at radius 1 is 0.914 bits per heavy atom. The predicted octanol–water partition coefficient (Wildman–Crippen LogP) is 6.24. The van der Waals surface area contributed by atoms with E-state index in [1.165, 1.54) is 4.90 Å². The molecule has 1 N–H and O–H groups in total. The van der Waals surface area contributed by atoms with Crippen LogP contribution >= 0.6 is 0 Å². The Labute approximate surface area is 206 Å². The van der Waals surface area contributed by atoms with Gasteiger partial charge in [0.1, 0.15) is 11.5 Å². The second-order valence-corrected chi connectivity index (χ2v) is 10.1. The zero-order valence-electron chi connectivity index (χ0n) is 21.0. The molecule has 1 aliphatic heterocycles. The summed E-state index contributed by atoms with van der Waals surface area (Å²) in [6.07, 6.45) is 0. The maximum Gasteiger partial charge on any atom is 0.300 e. The van der Waals surface area contributed by atoms with Crippen LogP contribution in [-0.2, 0) is 15.0 Å². The number of ether oxygens (including phenoxy) is 1. The van der Waals surface area contributed by atoms with Gasteiger partial charge in [-0.05, 0) is 66.3 Å². The van der Waals surface area contributed by atoms with Crippen LogP contribution in [0.5, 0.6) is 5.75 Å². The molecule has 5 nitrogen and oxygen atoms in total. The van der Waals surface area contributed by atoms with Crippen LogP contribution in [0, 0.1) is 13.8 Å². The van der Waals surface area contributed by atoms with Crippen LogP contribution in [0.1, 0.15) is 54.6 Å². The molecule has 3 aromatic carbocycles. The first-order valence-corrected chi connectivity index (χ1v) is 11.7. The summed E-state index contributed by atoms with van der Waals surface area (Å²) >= 11 is 0. The number of methoxy groups -OCH3 is 1. The van der Waals surface area contributed by atoms with E-state index in [4.69, 9.17) is 4.74 Å². The van der Waals surface area contributed by atoms with Gasteiger partial charge < -0.3 is 9.84 Å². The molecule has 1 aliphatic rings. The van der Waals surface area contributed by atoms with Crippen LogP contribution < -0.4 is 9.64 Å². The fourth-order valence-corrected chi connectivity index (χ4v) is 4.39. The normalized spacial score (nSPS) is 17.7. The SMILES string of the molecule is COc1ccc(C2/C(=C(\O)c3cc(C(C)(C)C)ccc3C)C(=O)C(=O)N2c2ccc(C)cc2)cc1. The number of rotatable bonds is 4. The van der Waals surface area contributed by atoms with Gasteiger partial charge >= 0.3 is 0 Å². The Bertz CT molecular complexity index is 1310. The summed E-state index contributed by atoms with van der Waals surface area (Å²) in [6.45, 7) is 10.1. The molecule has 4 rings (SSSR count). The van der Waals surface area contributed by atoms with E-state index in [9.17, 15) is 14.7 Å². The highest BCUT2D eigenvalue weighted by molar-refractivity contribution is 6.51. The molecule has 0 saturated carbocycles. The van der Waals surface area contributed by atoms with Gasteiger partial charge in [-0.1, -0.05) is 62.7 Å². The fourth-order valence-electron chi connectivity index (χ4n) is 4.39. The molecule has 1 saturated heterocycles. The number of benzene rings is 3. The van der Waals surface area contributed by atoms with Crippen LogP contribution in [0.15, 0.2) is 72.3 Å². The van der Waals surface area contributed by atoms with E-state index in [1.807, 2.05) is 68.4 Å². The summed E-state index contributed by atoms with van der Waals surface area (Å²) in [7, 11) is 1.58. The molecule has 0 aromatic heterocycles. The van der Waals surface area contributed by atoms with Gasteiger partial charge in [0.05, 0.1) is 18.7 Å². The van der Waals surface area contributed by atoms with Crippen molar-refractivity contribution in [2.75, 3.05) is 12.0 Å². The number of aryl methyl sites for hydroxylation is 2. The fraction of sp³-hybridized carbons (Fsp3) is 0.267. The number of hydrogen-bond acceptors (Lipinski definition) is 4. The third-order valence-electron chi connectivity index (χ3n) is 6.55. The van der Waals surface area contributed by atoms with Crippen LogP contribution in [-0.4, -0.2) is 23.9 Å². The molecule has 0 radical (unpaired) electrons. The van der Waals surface area contributed by atoms with Crippen LogP contribution in [0.2, 0.25) is 0 Å². The Balaban J connectivity index is 1.96. The lowest BCUT2D eigenvalue weighted by atomic mass is 9.84. The summed E-state index contributed by atoms with van der Waals surface area (Å²) in [5.74, 6) is -0.873. The van der Waals surface area contributed by atoms with E-state index in [-0.39, 0.29) is 16.7 Å². The molecule has 1 heterocycles. The number of nitrogens with zero attached hydrogens (tertiary/aromatic N) is 1. The molecule has 1 unspecified atom stereocenters. The number of Topliss-reactive ketones (excluding diaryl/α,β-unsaturated/α-hetero) is 1. The summed E-state index contributed by atoms with van der Waals surface area (Å²) in [5, 5.41) is 11.6. The van der Waals surface area contributed by atoms with Crippen molar-refractivity contribution in [3.05, 3.63) is 100 Å². The smallest absolute Gasteiger partial charge is 0.300 e. The number of anilines is 1. The van der Waals surface area contributed by atoms with Gasteiger partial charge in [-0.15, -0.1) is 0 Å². The Kier molecular flexibility index (Phi) is 6.28. The van der Waals surface area contributed by atoms with E-state index in [0.717, 1.165) is 16.7 Å². The van der Waals surface area contributed by atoms with Crippen molar-refractivity contribution in [1.29, 1.82) is 0 Å². The highest BCUT2D eigenvalue weighted by Crippen LogP contribution is 2.43. The quantitative estimate of drug-likeness (QED) is 0.279. The molecule has 1 fully saturated rings. The maximum absolute atomic E-state index is 13.4. The van der Waals surface area contributed by atoms with Crippen molar-refractivity contribution in [3.8, 4) is 5.75 Å². The third-order valence-corrected chi connectivity index (χ3v) is 6.55. The summed E-state index contributed by atoms with van der Waals surface area (Å²) in [6, 6.07) is 19.8. The minimum atomic E-state index is -0.777. The van der Waals surface area contributed by atoms with Gasteiger partial charge in [0.15, 0.2) is 0 Å². The van der Waals surface area contributed by atoms with Gasteiger partial charge in [0.2, 0.25) is 0 Å². The van der Waals surface area contributed by atoms with E-state index in [2.05, 4.69) is 20.8 Å². The second kappa shape index (κ2) is 9.06. The Morgan fingerprint density at radius 3 is 2.11 bits per heavy atom. The lowest BCUT2D eigenvalue weighted by Crippen LogP contribution is -2.29. The van der Waals surface area contributed by atoms with Crippen molar-refractivity contribution >= 4 is 23.1 Å². The molecular weight excluding hydrogens is 438 g/mol. The minimum absolute atomic E-state index is 0.0786. The molecule has 180 valence electrons. The van der Waals surface area contributed by atoms with E-state index in [1.54, 1.807) is 19.2 Å². The van der Waals surface area contributed by atoms with Gasteiger partial charge in [-0.2, -0.15) is 0 Å². The molecule has 3 aromatic rings. The van der Waals surface area contributed by atoms with Crippen molar-refractivity contribution in [3.63, 3.8) is 0 Å². The Morgan fingerprint density at radius 2 is 1.54 bits per heavy atom. The zero-order chi connectivity index (χ0) is 25.5. The summed E-state index contributed by atoms with van der Waals surface area (Å²) < 4.78 is 5.29. The number of amides is 1. The Hall–Kier alpha value is -3.86. The minimum Gasteiger partial charge on any atom is -0.507 e. The number of carbonyl (C=O) groups excluding carboxylic acids is 2. The lowest BCUT2D eigenvalue weighted by Gasteiger charge is -2.26. The van der Waals surface area contributed by atoms with Gasteiger partial charge in [-0.25, -0.2) is 0 Å². The molecule has 0 bridgehead atoms. The first-order chi connectivity index (χ1) is 16.5. The highest BCUT2D eigenvalue weighted by atomic mass is 16.5. The van der Waals surface area contributed by atoms with Gasteiger partial charge in [0.25, 0.3) is 11.7 Å². The standard InChI is InChI=1S/C30H31NO4/c1-18-7-13-22(14-8-18)31-26(20-10-15-23(35-6)16-11-20)25(28(33)29(31)34)27(32)24-17-21(30(3,4)5)12-9-19(24)2/h7-17,26,32H,1-6H3/b27-25+. The number of aliphatic hydroxyl groups is 1. The zero-order valence-corrected chi connectivity index (χ0v) is 21.0. The van der Waals surface area contributed by atoms with Crippen molar-refractivity contribution in [2.24, 2.45) is 0 Å². The van der Waals surface area contributed by atoms with Gasteiger partial charge in [0, 0.05) is 11.3 Å². The molecule has 5 heteroatoms. The van der Waals surface area contributed by atoms with E-state index < -0.39 is 17.7 Å². The maximum atomic E-state index is 13.4. The molecule has 0 spiro atoms. The molecule has 1 atom stereocenters. The first kappa shape index (κ1) is 24.3.